The molecule has 2 aromatic rings. The van der Waals surface area contributed by atoms with E-state index in [1.165, 1.54) is 5.56 Å². The Morgan fingerprint density at radius 1 is 1.24 bits per heavy atom. The van der Waals surface area contributed by atoms with Crippen molar-refractivity contribution in [3.05, 3.63) is 69.8 Å². The Bertz CT molecular complexity index is 655. The fourth-order valence-electron chi connectivity index (χ4n) is 2.94. The van der Waals surface area contributed by atoms with E-state index in [1.807, 2.05) is 24.3 Å². The van der Waals surface area contributed by atoms with E-state index in [0.717, 1.165) is 30.6 Å². The molecule has 1 atom stereocenters. The number of hydrogen-bond acceptors (Lipinski definition) is 3. The van der Waals surface area contributed by atoms with Gasteiger partial charge in [-0.25, -0.2) is 0 Å². The fraction of sp³-hybridized carbons (Fsp3) is 0.294. The largest absolute Gasteiger partial charge is 0.364 e. The van der Waals surface area contributed by atoms with Crippen LogP contribution in [0.3, 0.4) is 0 Å². The zero-order valence-corrected chi connectivity index (χ0v) is 12.0. The van der Waals surface area contributed by atoms with Gasteiger partial charge in [0.15, 0.2) is 0 Å². The first-order chi connectivity index (χ1) is 10.1. The Kier molecular flexibility index (Phi) is 3.60. The molecule has 108 valence electrons. The summed E-state index contributed by atoms with van der Waals surface area (Å²) in [6.45, 7) is 3.06. The third-order valence-electron chi connectivity index (χ3n) is 4.14. The van der Waals surface area contributed by atoms with Crippen LogP contribution in [0.2, 0.25) is 0 Å². The highest BCUT2D eigenvalue weighted by atomic mass is 16.6. The molecule has 0 N–H and O–H groups in total. The first-order valence-electron chi connectivity index (χ1n) is 7.23. The number of nitrogens with zero attached hydrogens (tertiary/aromatic N) is 2. The lowest BCUT2D eigenvalue weighted by molar-refractivity contribution is -0.384. The molecule has 4 nitrogen and oxygen atoms in total. The normalized spacial score (nSPS) is 17.4. The summed E-state index contributed by atoms with van der Waals surface area (Å²) in [6, 6.07) is 16.0. The minimum atomic E-state index is -0.320. The average molecular weight is 282 g/mol. The second kappa shape index (κ2) is 5.56. The van der Waals surface area contributed by atoms with Crippen LogP contribution in [0.1, 0.15) is 24.5 Å². The summed E-state index contributed by atoms with van der Waals surface area (Å²) < 4.78 is 0. The van der Waals surface area contributed by atoms with E-state index in [-0.39, 0.29) is 10.6 Å². The number of anilines is 1. The Morgan fingerprint density at radius 2 is 2.00 bits per heavy atom. The van der Waals surface area contributed by atoms with Crippen LogP contribution < -0.4 is 4.90 Å². The maximum Gasteiger partial charge on any atom is 0.269 e. The van der Waals surface area contributed by atoms with Gasteiger partial charge in [-0.2, -0.15) is 0 Å². The van der Waals surface area contributed by atoms with E-state index in [1.54, 1.807) is 12.1 Å². The van der Waals surface area contributed by atoms with Crippen LogP contribution in [0.25, 0.3) is 0 Å². The van der Waals surface area contributed by atoms with Gasteiger partial charge in [0.2, 0.25) is 0 Å². The highest BCUT2D eigenvalue weighted by Gasteiger charge is 2.24. The van der Waals surface area contributed by atoms with Crippen molar-refractivity contribution >= 4 is 11.4 Å². The average Bonchev–Trinajstić information content (AvgIpc) is 2.50. The molecule has 4 heteroatoms. The highest BCUT2D eigenvalue weighted by molar-refractivity contribution is 5.60. The third kappa shape index (κ3) is 2.75. The van der Waals surface area contributed by atoms with Gasteiger partial charge >= 0.3 is 0 Å². The van der Waals surface area contributed by atoms with E-state index in [4.69, 9.17) is 0 Å². The zero-order valence-electron chi connectivity index (χ0n) is 12.0. The SMILES string of the molecule is C[C@H]1CCc2cc([N+](=O)[O-])ccc2N1Cc1ccccc1. The van der Waals surface area contributed by atoms with Gasteiger partial charge in [-0.1, -0.05) is 30.3 Å². The molecule has 0 amide bonds. The van der Waals surface area contributed by atoms with Gasteiger partial charge in [-0.3, -0.25) is 10.1 Å². The molecule has 0 saturated heterocycles. The summed E-state index contributed by atoms with van der Waals surface area (Å²) >= 11 is 0. The predicted molar refractivity (Wildman–Crippen MR) is 83.5 cm³/mol. The zero-order chi connectivity index (χ0) is 14.8. The quantitative estimate of drug-likeness (QED) is 0.633. The monoisotopic (exact) mass is 282 g/mol. The van der Waals surface area contributed by atoms with Crippen molar-refractivity contribution in [3.8, 4) is 0 Å². The van der Waals surface area contributed by atoms with Gasteiger partial charge in [0.1, 0.15) is 0 Å². The molecule has 1 heterocycles. The molecule has 0 bridgehead atoms. The third-order valence-corrected chi connectivity index (χ3v) is 4.14. The molecule has 0 fully saturated rings. The van der Waals surface area contributed by atoms with E-state index in [9.17, 15) is 10.1 Å². The molecular weight excluding hydrogens is 264 g/mol. The van der Waals surface area contributed by atoms with Gasteiger partial charge in [0.05, 0.1) is 4.92 Å². The van der Waals surface area contributed by atoms with E-state index in [0.29, 0.717) is 6.04 Å². The van der Waals surface area contributed by atoms with Crippen molar-refractivity contribution in [2.24, 2.45) is 0 Å². The molecule has 0 unspecified atom stereocenters. The Morgan fingerprint density at radius 3 is 2.71 bits per heavy atom. The number of nitro benzene ring substituents is 1. The van der Waals surface area contributed by atoms with Gasteiger partial charge < -0.3 is 4.90 Å². The summed E-state index contributed by atoms with van der Waals surface area (Å²) in [4.78, 5) is 12.9. The van der Waals surface area contributed by atoms with Crippen molar-refractivity contribution in [2.75, 3.05) is 4.90 Å². The molecule has 1 aliphatic heterocycles. The van der Waals surface area contributed by atoms with Gasteiger partial charge in [0.25, 0.3) is 5.69 Å². The van der Waals surface area contributed by atoms with Gasteiger partial charge in [-0.05, 0) is 37.0 Å². The minimum absolute atomic E-state index is 0.183. The first-order valence-corrected chi connectivity index (χ1v) is 7.23. The number of hydrogen-bond donors (Lipinski definition) is 0. The van der Waals surface area contributed by atoms with Crippen molar-refractivity contribution < 1.29 is 4.92 Å². The van der Waals surface area contributed by atoms with Gasteiger partial charge in [0, 0.05) is 30.4 Å². The number of fused-ring (bicyclic) bond motifs is 1. The van der Waals surface area contributed by atoms with Crippen molar-refractivity contribution in [1.29, 1.82) is 0 Å². The first kappa shape index (κ1) is 13.6. The topological polar surface area (TPSA) is 46.4 Å². The summed E-state index contributed by atoms with van der Waals surface area (Å²) in [7, 11) is 0. The van der Waals surface area contributed by atoms with E-state index < -0.39 is 0 Å². The van der Waals surface area contributed by atoms with Crippen LogP contribution in [-0.4, -0.2) is 11.0 Å². The number of nitro groups is 1. The molecule has 2 aromatic carbocycles. The van der Waals surface area contributed by atoms with E-state index in [2.05, 4.69) is 24.0 Å². The van der Waals surface area contributed by atoms with Crippen molar-refractivity contribution in [1.82, 2.24) is 0 Å². The summed E-state index contributed by atoms with van der Waals surface area (Å²) in [5.74, 6) is 0. The fourth-order valence-corrected chi connectivity index (χ4v) is 2.94. The van der Waals surface area contributed by atoms with Crippen LogP contribution in [0.4, 0.5) is 11.4 Å². The molecule has 3 rings (SSSR count). The Hall–Kier alpha value is -2.36. The lowest BCUT2D eigenvalue weighted by Gasteiger charge is -2.37. The summed E-state index contributed by atoms with van der Waals surface area (Å²) in [6.07, 6.45) is 1.93. The molecular formula is C17H18N2O2. The van der Waals surface area contributed by atoms with Crippen LogP contribution >= 0.6 is 0 Å². The molecule has 0 aromatic heterocycles. The summed E-state index contributed by atoms with van der Waals surface area (Å²) in [5.41, 5.74) is 3.65. The maximum absolute atomic E-state index is 10.9. The second-order valence-electron chi connectivity index (χ2n) is 5.57. The Labute approximate surface area is 124 Å². The van der Waals surface area contributed by atoms with Crippen LogP contribution in [0, 0.1) is 10.1 Å². The standard InChI is InChI=1S/C17H18N2O2/c1-13-7-8-15-11-16(19(20)21)9-10-17(15)18(13)12-14-5-3-2-4-6-14/h2-6,9-11,13H,7-8,12H2,1H3/t13-/m0/s1. The molecule has 1 aliphatic rings. The molecule has 0 saturated carbocycles. The second-order valence-corrected chi connectivity index (χ2v) is 5.57. The van der Waals surface area contributed by atoms with Crippen LogP contribution in [0.15, 0.2) is 48.5 Å². The molecule has 21 heavy (non-hydrogen) atoms. The highest BCUT2D eigenvalue weighted by Crippen LogP contribution is 2.34. The van der Waals surface area contributed by atoms with E-state index >= 15 is 0 Å². The maximum atomic E-state index is 10.9. The Balaban J connectivity index is 1.93. The number of aryl methyl sites for hydroxylation is 1. The number of rotatable bonds is 3. The lowest BCUT2D eigenvalue weighted by Crippen LogP contribution is -2.36. The smallest absolute Gasteiger partial charge is 0.269 e. The number of benzene rings is 2. The molecule has 0 aliphatic carbocycles. The lowest BCUT2D eigenvalue weighted by atomic mass is 9.95. The molecule has 0 radical (unpaired) electrons. The number of non-ortho nitro benzene ring substituents is 1. The van der Waals surface area contributed by atoms with Crippen molar-refractivity contribution in [3.63, 3.8) is 0 Å². The predicted octanol–water partition coefficient (Wildman–Crippen LogP) is 3.94. The summed E-state index contributed by atoms with van der Waals surface area (Å²) in [5, 5.41) is 10.9. The molecule has 0 spiro atoms. The van der Waals surface area contributed by atoms with Gasteiger partial charge in [-0.15, -0.1) is 0 Å². The van der Waals surface area contributed by atoms with Crippen LogP contribution in [0.5, 0.6) is 0 Å². The van der Waals surface area contributed by atoms with Crippen molar-refractivity contribution in [2.45, 2.75) is 32.4 Å². The van der Waals surface area contributed by atoms with Crippen LogP contribution in [-0.2, 0) is 13.0 Å². The minimum Gasteiger partial charge on any atom is -0.364 e.